The zero-order valence-electron chi connectivity index (χ0n) is 11.6. The van der Waals surface area contributed by atoms with E-state index in [-0.39, 0.29) is 11.9 Å². The van der Waals surface area contributed by atoms with Crippen molar-refractivity contribution in [1.82, 2.24) is 0 Å². The summed E-state index contributed by atoms with van der Waals surface area (Å²) in [5.74, 6) is 0.0353. The highest BCUT2D eigenvalue weighted by Crippen LogP contribution is 2.19. The molecule has 0 aromatic carbocycles. The highest BCUT2D eigenvalue weighted by Gasteiger charge is 2.16. The average Bonchev–Trinajstić information content (AvgIpc) is 2.35. The number of carboxylic acids is 1. The topological polar surface area (TPSA) is 57.5 Å². The van der Waals surface area contributed by atoms with Crippen molar-refractivity contribution < 1.29 is 15.0 Å². The van der Waals surface area contributed by atoms with Crippen LogP contribution in [0.4, 0.5) is 0 Å². The Bertz CT molecular complexity index is 197. The lowest BCUT2D eigenvalue weighted by atomic mass is 10.1. The summed E-state index contributed by atoms with van der Waals surface area (Å²) in [5, 5.41) is 17.5. The van der Waals surface area contributed by atoms with Crippen molar-refractivity contribution in [2.24, 2.45) is 0 Å². The first kappa shape index (κ1) is 17.8. The van der Waals surface area contributed by atoms with E-state index in [2.05, 4.69) is 6.92 Å². The standard InChI is InChI=1S/C14H28O3S/c1-2-3-4-5-6-7-8-10-13(14(16)17)18-12-9-11-15/h13,15H,2-12H2,1H3,(H,16,17). The molecule has 4 heteroatoms. The Morgan fingerprint density at radius 2 is 1.67 bits per heavy atom. The minimum atomic E-state index is -0.705. The molecule has 0 fully saturated rings. The van der Waals surface area contributed by atoms with E-state index in [1.165, 1.54) is 43.9 Å². The predicted octanol–water partition coefficient (Wildman–Crippen LogP) is 3.70. The van der Waals surface area contributed by atoms with Gasteiger partial charge in [-0.15, -0.1) is 11.8 Å². The molecular weight excluding hydrogens is 248 g/mol. The summed E-state index contributed by atoms with van der Waals surface area (Å²) in [5.41, 5.74) is 0. The lowest BCUT2D eigenvalue weighted by Gasteiger charge is -2.11. The number of aliphatic carboxylic acids is 1. The van der Waals surface area contributed by atoms with Crippen LogP contribution in [-0.4, -0.2) is 33.8 Å². The molecular formula is C14H28O3S. The molecule has 0 amide bonds. The van der Waals surface area contributed by atoms with E-state index < -0.39 is 5.97 Å². The summed E-state index contributed by atoms with van der Waals surface area (Å²) in [6.45, 7) is 2.36. The molecule has 0 aliphatic carbocycles. The van der Waals surface area contributed by atoms with Crippen molar-refractivity contribution in [1.29, 1.82) is 0 Å². The molecule has 1 atom stereocenters. The third-order valence-corrected chi connectivity index (χ3v) is 4.33. The Labute approximate surface area is 115 Å². The van der Waals surface area contributed by atoms with Gasteiger partial charge in [0.1, 0.15) is 5.25 Å². The zero-order valence-corrected chi connectivity index (χ0v) is 12.4. The second-order valence-corrected chi connectivity index (χ2v) is 6.00. The largest absolute Gasteiger partial charge is 0.480 e. The zero-order chi connectivity index (χ0) is 13.6. The summed E-state index contributed by atoms with van der Waals surface area (Å²) in [7, 11) is 0. The molecule has 0 radical (unpaired) electrons. The maximum Gasteiger partial charge on any atom is 0.316 e. The first-order chi connectivity index (χ1) is 8.72. The Hall–Kier alpha value is -0.220. The molecule has 0 aromatic rings. The third-order valence-electron chi connectivity index (χ3n) is 2.97. The van der Waals surface area contributed by atoms with E-state index in [9.17, 15) is 4.79 Å². The minimum absolute atomic E-state index is 0.150. The molecule has 0 saturated carbocycles. The van der Waals surface area contributed by atoms with Crippen molar-refractivity contribution >= 4 is 17.7 Å². The molecule has 18 heavy (non-hydrogen) atoms. The van der Waals surface area contributed by atoms with Crippen LogP contribution in [0.5, 0.6) is 0 Å². The summed E-state index contributed by atoms with van der Waals surface area (Å²) in [6, 6.07) is 0. The molecule has 0 aliphatic rings. The highest BCUT2D eigenvalue weighted by atomic mass is 32.2. The van der Waals surface area contributed by atoms with Crippen LogP contribution in [0, 0.1) is 0 Å². The maximum atomic E-state index is 11.0. The van der Waals surface area contributed by atoms with Crippen molar-refractivity contribution in [3.05, 3.63) is 0 Å². The molecule has 108 valence electrons. The lowest BCUT2D eigenvalue weighted by Crippen LogP contribution is -2.17. The molecule has 1 unspecified atom stereocenters. The Morgan fingerprint density at radius 1 is 1.06 bits per heavy atom. The van der Waals surface area contributed by atoms with Crippen molar-refractivity contribution in [3.63, 3.8) is 0 Å². The molecule has 0 spiro atoms. The van der Waals surface area contributed by atoms with Gasteiger partial charge >= 0.3 is 5.97 Å². The van der Waals surface area contributed by atoms with Crippen LogP contribution in [0.2, 0.25) is 0 Å². The number of hydrogen-bond donors (Lipinski definition) is 2. The van der Waals surface area contributed by atoms with E-state index in [1.807, 2.05) is 0 Å². The maximum absolute atomic E-state index is 11.0. The number of rotatable bonds is 13. The normalized spacial score (nSPS) is 12.6. The number of aliphatic hydroxyl groups is 1. The smallest absolute Gasteiger partial charge is 0.316 e. The first-order valence-corrected chi connectivity index (χ1v) is 8.22. The number of hydrogen-bond acceptors (Lipinski definition) is 3. The molecule has 0 bridgehead atoms. The number of thioether (sulfide) groups is 1. The summed E-state index contributed by atoms with van der Waals surface area (Å²) in [4.78, 5) is 11.0. The van der Waals surface area contributed by atoms with Gasteiger partial charge in [0, 0.05) is 6.61 Å². The van der Waals surface area contributed by atoms with E-state index in [1.54, 1.807) is 0 Å². The second kappa shape index (κ2) is 13.2. The molecule has 3 nitrogen and oxygen atoms in total. The van der Waals surface area contributed by atoms with Crippen LogP contribution in [0.25, 0.3) is 0 Å². The molecule has 0 heterocycles. The van der Waals surface area contributed by atoms with Gasteiger partial charge in [0.2, 0.25) is 0 Å². The van der Waals surface area contributed by atoms with Gasteiger partial charge in [-0.2, -0.15) is 0 Å². The van der Waals surface area contributed by atoms with Gasteiger partial charge < -0.3 is 10.2 Å². The van der Waals surface area contributed by atoms with Crippen molar-refractivity contribution in [2.45, 2.75) is 70.0 Å². The second-order valence-electron chi connectivity index (χ2n) is 4.68. The molecule has 2 N–H and O–H groups in total. The van der Waals surface area contributed by atoms with E-state index in [4.69, 9.17) is 10.2 Å². The summed E-state index contributed by atoms with van der Waals surface area (Å²) < 4.78 is 0. The van der Waals surface area contributed by atoms with Gasteiger partial charge in [-0.25, -0.2) is 0 Å². The molecule has 0 aliphatic heterocycles. The van der Waals surface area contributed by atoms with Crippen LogP contribution in [0.15, 0.2) is 0 Å². The van der Waals surface area contributed by atoms with Crippen LogP contribution in [-0.2, 0) is 4.79 Å². The van der Waals surface area contributed by atoms with Crippen LogP contribution in [0.3, 0.4) is 0 Å². The first-order valence-electron chi connectivity index (χ1n) is 7.17. The Kier molecular flexibility index (Phi) is 13.1. The monoisotopic (exact) mass is 276 g/mol. The van der Waals surface area contributed by atoms with Crippen LogP contribution in [0.1, 0.15) is 64.7 Å². The predicted molar refractivity (Wildman–Crippen MR) is 78.2 cm³/mol. The van der Waals surface area contributed by atoms with Gasteiger partial charge in [0.15, 0.2) is 0 Å². The van der Waals surface area contributed by atoms with Crippen molar-refractivity contribution in [2.75, 3.05) is 12.4 Å². The van der Waals surface area contributed by atoms with Crippen LogP contribution < -0.4 is 0 Å². The molecule has 0 aromatic heterocycles. The fraction of sp³-hybridized carbons (Fsp3) is 0.929. The van der Waals surface area contributed by atoms with Gasteiger partial charge in [-0.3, -0.25) is 4.79 Å². The fourth-order valence-corrected chi connectivity index (χ4v) is 2.91. The number of unbranched alkanes of at least 4 members (excludes halogenated alkanes) is 6. The number of aliphatic hydroxyl groups excluding tert-OH is 1. The Balaban J connectivity index is 3.49. The van der Waals surface area contributed by atoms with Gasteiger partial charge in [0.05, 0.1) is 0 Å². The average molecular weight is 276 g/mol. The molecule has 0 saturated heterocycles. The SMILES string of the molecule is CCCCCCCCCC(SCCCO)C(=O)O. The molecule has 0 rings (SSSR count). The van der Waals surface area contributed by atoms with E-state index >= 15 is 0 Å². The van der Waals surface area contributed by atoms with Crippen molar-refractivity contribution in [3.8, 4) is 0 Å². The lowest BCUT2D eigenvalue weighted by molar-refractivity contribution is -0.136. The van der Waals surface area contributed by atoms with Gasteiger partial charge in [-0.1, -0.05) is 51.9 Å². The summed E-state index contributed by atoms with van der Waals surface area (Å²) in [6.07, 6.45) is 10.0. The highest BCUT2D eigenvalue weighted by molar-refractivity contribution is 8.00. The van der Waals surface area contributed by atoms with Gasteiger partial charge in [0.25, 0.3) is 0 Å². The Morgan fingerprint density at radius 3 is 2.22 bits per heavy atom. The number of carboxylic acid groups (broad SMARTS) is 1. The third kappa shape index (κ3) is 10.9. The van der Waals surface area contributed by atoms with Gasteiger partial charge in [-0.05, 0) is 18.6 Å². The summed E-state index contributed by atoms with van der Waals surface area (Å²) >= 11 is 1.47. The quantitative estimate of drug-likeness (QED) is 0.504. The van der Waals surface area contributed by atoms with E-state index in [0.717, 1.165) is 25.0 Å². The number of carbonyl (C=O) groups is 1. The van der Waals surface area contributed by atoms with Crippen LogP contribution >= 0.6 is 11.8 Å². The fourth-order valence-electron chi connectivity index (χ4n) is 1.86. The van der Waals surface area contributed by atoms with E-state index in [0.29, 0.717) is 6.42 Å². The minimum Gasteiger partial charge on any atom is -0.480 e.